The van der Waals surface area contributed by atoms with Crippen LogP contribution in [0.3, 0.4) is 0 Å². The van der Waals surface area contributed by atoms with E-state index in [2.05, 4.69) is 5.32 Å². The van der Waals surface area contributed by atoms with E-state index in [0.717, 1.165) is 0 Å². The molecule has 0 radical (unpaired) electrons. The first-order chi connectivity index (χ1) is 3.27. The Hall–Kier alpha value is -0.750. The van der Waals surface area contributed by atoms with Crippen molar-refractivity contribution in [3.8, 4) is 6.19 Å². The molecule has 0 bridgehead atoms. The zero-order chi connectivity index (χ0) is 5.70. The van der Waals surface area contributed by atoms with Crippen molar-refractivity contribution in [2.75, 3.05) is 20.8 Å². The van der Waals surface area contributed by atoms with Gasteiger partial charge >= 0.3 is 0 Å². The molecule has 7 heavy (non-hydrogen) atoms. The first-order valence-electron chi connectivity index (χ1n) is 2.04. The molecule has 3 heteroatoms. The number of hydrogen-bond acceptors (Lipinski definition) is 3. The van der Waals surface area contributed by atoms with Gasteiger partial charge in [0.05, 0.1) is 6.67 Å². The van der Waals surface area contributed by atoms with Crippen LogP contribution in [0, 0.1) is 11.5 Å². The van der Waals surface area contributed by atoms with Gasteiger partial charge in [-0.1, -0.05) is 0 Å². The molecule has 0 heterocycles. The van der Waals surface area contributed by atoms with Gasteiger partial charge in [-0.15, -0.1) is 0 Å². The zero-order valence-electron chi connectivity index (χ0n) is 4.60. The minimum atomic E-state index is 0.622. The molecule has 1 N–H and O–H groups in total. The van der Waals surface area contributed by atoms with Crippen LogP contribution in [0.5, 0.6) is 0 Å². The first kappa shape index (κ1) is 6.25. The molecular formula is C4H9N3. The summed E-state index contributed by atoms with van der Waals surface area (Å²) in [6, 6.07) is 0. The van der Waals surface area contributed by atoms with E-state index >= 15 is 0 Å². The van der Waals surface area contributed by atoms with Gasteiger partial charge in [-0.25, -0.2) is 0 Å². The standard InChI is InChI=1S/C4H9N3/c1-7(2)4-6-3-5/h6H,4H2,1-2H3. The van der Waals surface area contributed by atoms with Crippen LogP contribution in [0.25, 0.3) is 0 Å². The lowest BCUT2D eigenvalue weighted by Gasteiger charge is -2.04. The van der Waals surface area contributed by atoms with E-state index < -0.39 is 0 Å². The Morgan fingerprint density at radius 3 is 2.43 bits per heavy atom. The summed E-state index contributed by atoms with van der Waals surface area (Å²) < 4.78 is 0. The Morgan fingerprint density at radius 1 is 1.71 bits per heavy atom. The molecule has 0 aliphatic heterocycles. The van der Waals surface area contributed by atoms with E-state index in [-0.39, 0.29) is 0 Å². The maximum Gasteiger partial charge on any atom is 0.177 e. The summed E-state index contributed by atoms with van der Waals surface area (Å²) >= 11 is 0. The molecule has 0 amide bonds. The topological polar surface area (TPSA) is 39.1 Å². The van der Waals surface area contributed by atoms with Gasteiger partial charge in [-0.2, -0.15) is 5.26 Å². The predicted molar refractivity (Wildman–Crippen MR) is 27.3 cm³/mol. The molecule has 0 aromatic carbocycles. The molecule has 0 aliphatic carbocycles. The first-order valence-corrected chi connectivity index (χ1v) is 2.04. The van der Waals surface area contributed by atoms with Crippen LogP contribution in [0.15, 0.2) is 0 Å². The molecule has 0 fully saturated rings. The fraction of sp³-hybridized carbons (Fsp3) is 0.750. The number of nitrogens with zero attached hydrogens (tertiary/aromatic N) is 2. The smallest absolute Gasteiger partial charge is 0.177 e. The van der Waals surface area contributed by atoms with Crippen LogP contribution in [-0.2, 0) is 0 Å². The minimum Gasteiger partial charge on any atom is -0.310 e. The van der Waals surface area contributed by atoms with Crippen molar-refractivity contribution in [3.63, 3.8) is 0 Å². The highest BCUT2D eigenvalue weighted by Crippen LogP contribution is 1.62. The maximum absolute atomic E-state index is 7.93. The van der Waals surface area contributed by atoms with E-state index in [1.54, 1.807) is 0 Å². The summed E-state index contributed by atoms with van der Waals surface area (Å²) in [5.74, 6) is 0. The highest BCUT2D eigenvalue weighted by Gasteiger charge is 1.80. The molecule has 0 aromatic heterocycles. The highest BCUT2D eigenvalue weighted by atomic mass is 15.2. The van der Waals surface area contributed by atoms with Crippen LogP contribution in [0.4, 0.5) is 0 Å². The lowest BCUT2D eigenvalue weighted by Crippen LogP contribution is -2.23. The fourth-order valence-corrected chi connectivity index (χ4v) is 0.193. The van der Waals surface area contributed by atoms with Crippen molar-refractivity contribution in [1.29, 1.82) is 5.26 Å². The Morgan fingerprint density at radius 2 is 2.29 bits per heavy atom. The number of nitrogens with one attached hydrogen (secondary N) is 1. The van der Waals surface area contributed by atoms with Crippen molar-refractivity contribution < 1.29 is 0 Å². The Kier molecular flexibility index (Phi) is 3.07. The summed E-state index contributed by atoms with van der Waals surface area (Å²) in [6.07, 6.45) is 1.81. The lowest BCUT2D eigenvalue weighted by molar-refractivity contribution is 0.396. The average molecular weight is 99.1 g/mol. The molecule has 0 unspecified atom stereocenters. The van der Waals surface area contributed by atoms with E-state index in [0.29, 0.717) is 6.67 Å². The van der Waals surface area contributed by atoms with Crippen molar-refractivity contribution in [3.05, 3.63) is 0 Å². The van der Waals surface area contributed by atoms with Crippen molar-refractivity contribution in [2.24, 2.45) is 0 Å². The SMILES string of the molecule is CN(C)CNC#N. The van der Waals surface area contributed by atoms with Gasteiger partial charge in [0.25, 0.3) is 0 Å². The third kappa shape index (κ3) is 5.25. The number of hydrogen-bond donors (Lipinski definition) is 1. The third-order valence-corrected chi connectivity index (χ3v) is 0.474. The number of rotatable bonds is 2. The van der Waals surface area contributed by atoms with Gasteiger partial charge in [-0.05, 0) is 14.1 Å². The molecular weight excluding hydrogens is 90.1 g/mol. The van der Waals surface area contributed by atoms with Crippen LogP contribution in [0.1, 0.15) is 0 Å². The molecule has 40 valence electrons. The van der Waals surface area contributed by atoms with Crippen molar-refractivity contribution in [2.45, 2.75) is 0 Å². The Balaban J connectivity index is 2.86. The lowest BCUT2D eigenvalue weighted by atomic mass is 10.9. The normalized spacial score (nSPS) is 8.29. The molecule has 0 rings (SSSR count). The summed E-state index contributed by atoms with van der Waals surface area (Å²) in [6.45, 7) is 0.622. The minimum absolute atomic E-state index is 0.622. The molecule has 0 aliphatic rings. The largest absolute Gasteiger partial charge is 0.310 e. The molecule has 0 saturated heterocycles. The van der Waals surface area contributed by atoms with Crippen LogP contribution in [0.2, 0.25) is 0 Å². The number of nitriles is 1. The van der Waals surface area contributed by atoms with Crippen molar-refractivity contribution >= 4 is 0 Å². The fourth-order valence-electron chi connectivity index (χ4n) is 0.193. The third-order valence-electron chi connectivity index (χ3n) is 0.474. The zero-order valence-corrected chi connectivity index (χ0v) is 4.60. The summed E-state index contributed by atoms with van der Waals surface area (Å²) in [5.41, 5.74) is 0. The second-order valence-corrected chi connectivity index (χ2v) is 1.53. The predicted octanol–water partition coefficient (Wildman–Crippen LogP) is -0.424. The molecule has 3 nitrogen and oxygen atoms in total. The second-order valence-electron chi connectivity index (χ2n) is 1.53. The highest BCUT2D eigenvalue weighted by molar-refractivity contribution is 4.61. The van der Waals surface area contributed by atoms with Gasteiger partial charge in [0.1, 0.15) is 0 Å². The van der Waals surface area contributed by atoms with Crippen LogP contribution >= 0.6 is 0 Å². The summed E-state index contributed by atoms with van der Waals surface area (Å²) in [7, 11) is 3.79. The Bertz CT molecular complexity index is 71.5. The monoisotopic (exact) mass is 99.1 g/mol. The van der Waals surface area contributed by atoms with E-state index in [9.17, 15) is 0 Å². The van der Waals surface area contributed by atoms with Crippen LogP contribution < -0.4 is 5.32 Å². The molecule has 0 spiro atoms. The molecule has 0 aromatic rings. The second kappa shape index (κ2) is 3.44. The van der Waals surface area contributed by atoms with E-state index in [1.807, 2.05) is 25.2 Å². The molecule has 0 atom stereocenters. The van der Waals surface area contributed by atoms with Gasteiger partial charge in [0.15, 0.2) is 6.19 Å². The average Bonchev–Trinajstić information content (AvgIpc) is 1.61. The van der Waals surface area contributed by atoms with Gasteiger partial charge in [0.2, 0.25) is 0 Å². The van der Waals surface area contributed by atoms with Crippen molar-refractivity contribution in [1.82, 2.24) is 10.2 Å². The Labute approximate surface area is 43.5 Å². The van der Waals surface area contributed by atoms with Crippen LogP contribution in [-0.4, -0.2) is 25.7 Å². The van der Waals surface area contributed by atoms with Gasteiger partial charge in [0, 0.05) is 0 Å². The van der Waals surface area contributed by atoms with E-state index in [4.69, 9.17) is 5.26 Å². The maximum atomic E-state index is 7.93. The summed E-state index contributed by atoms with van der Waals surface area (Å²) in [4.78, 5) is 1.88. The van der Waals surface area contributed by atoms with Gasteiger partial charge in [-0.3, -0.25) is 4.90 Å². The summed E-state index contributed by atoms with van der Waals surface area (Å²) in [5, 5.41) is 10.4. The molecule has 0 saturated carbocycles. The van der Waals surface area contributed by atoms with Gasteiger partial charge < -0.3 is 5.32 Å². The van der Waals surface area contributed by atoms with E-state index in [1.165, 1.54) is 0 Å². The quantitative estimate of drug-likeness (QED) is 0.290.